The summed E-state index contributed by atoms with van der Waals surface area (Å²) in [7, 11) is 0. The molecule has 0 unspecified atom stereocenters. The van der Waals surface area contributed by atoms with Crippen LogP contribution in [0.2, 0.25) is 0 Å². The molecule has 0 saturated carbocycles. The van der Waals surface area contributed by atoms with Crippen LogP contribution in [0.3, 0.4) is 0 Å². The molecule has 3 nitrogen and oxygen atoms in total. The predicted octanol–water partition coefficient (Wildman–Crippen LogP) is 2.62. The molecule has 1 rings (SSSR count). The molecule has 112 valence electrons. The van der Waals surface area contributed by atoms with Gasteiger partial charge in [0, 0.05) is 0 Å². The fraction of sp³-hybridized carbons (Fsp3) is 0.417. The maximum Gasteiger partial charge on any atom is 0.330 e. The number of halogens is 4. The molecule has 2 N–H and O–H groups in total. The molecular formula is C12H13F4NO2S. The second-order valence-corrected chi connectivity index (χ2v) is 4.26. The molecule has 0 aliphatic heterocycles. The maximum absolute atomic E-state index is 12.5. The van der Waals surface area contributed by atoms with Crippen molar-refractivity contribution in [1.82, 2.24) is 0 Å². The summed E-state index contributed by atoms with van der Waals surface area (Å²) in [6.07, 6.45) is -3.75. The zero-order chi connectivity index (χ0) is 15.2. The van der Waals surface area contributed by atoms with Crippen LogP contribution in [-0.2, 0) is 4.74 Å². The van der Waals surface area contributed by atoms with Crippen molar-refractivity contribution in [3.8, 4) is 5.75 Å². The summed E-state index contributed by atoms with van der Waals surface area (Å²) in [6, 6.07) is 6.63. The van der Waals surface area contributed by atoms with E-state index in [1.807, 2.05) is 0 Å². The Morgan fingerprint density at radius 3 is 2.50 bits per heavy atom. The van der Waals surface area contributed by atoms with Gasteiger partial charge in [0.25, 0.3) is 0 Å². The molecule has 0 fully saturated rings. The van der Waals surface area contributed by atoms with Gasteiger partial charge in [0.05, 0.1) is 12.2 Å². The molecule has 0 aliphatic rings. The van der Waals surface area contributed by atoms with Crippen LogP contribution in [-0.4, -0.2) is 37.2 Å². The molecule has 8 heteroatoms. The normalized spacial score (nSPS) is 11.7. The number of para-hydroxylation sites is 1. The van der Waals surface area contributed by atoms with Crippen molar-refractivity contribution in [3.63, 3.8) is 0 Å². The van der Waals surface area contributed by atoms with E-state index in [1.165, 1.54) is 0 Å². The Bertz CT molecular complexity index is 457. The SMILES string of the molecule is NC(=S)c1ccccc1OCCOCC(F)(F)C(F)F. The van der Waals surface area contributed by atoms with Crippen molar-refractivity contribution >= 4 is 17.2 Å². The Hall–Kier alpha value is -1.41. The number of benzene rings is 1. The minimum absolute atomic E-state index is 0.0844. The third kappa shape index (κ3) is 4.93. The predicted molar refractivity (Wildman–Crippen MR) is 69.6 cm³/mol. The van der Waals surface area contributed by atoms with E-state index in [9.17, 15) is 17.6 Å². The number of rotatable bonds is 8. The second-order valence-electron chi connectivity index (χ2n) is 3.82. The van der Waals surface area contributed by atoms with E-state index in [2.05, 4.69) is 4.74 Å². The summed E-state index contributed by atoms with van der Waals surface area (Å²) in [5.41, 5.74) is 5.97. The van der Waals surface area contributed by atoms with Gasteiger partial charge in [-0.3, -0.25) is 0 Å². The van der Waals surface area contributed by atoms with Crippen molar-refractivity contribution < 1.29 is 27.0 Å². The fourth-order valence-electron chi connectivity index (χ4n) is 1.28. The van der Waals surface area contributed by atoms with E-state index < -0.39 is 19.0 Å². The first kappa shape index (κ1) is 16.6. The lowest BCUT2D eigenvalue weighted by molar-refractivity contribution is -0.166. The van der Waals surface area contributed by atoms with Crippen LogP contribution in [0.4, 0.5) is 17.6 Å². The highest BCUT2D eigenvalue weighted by atomic mass is 32.1. The summed E-state index contributed by atoms with van der Waals surface area (Å²) >= 11 is 4.81. The lowest BCUT2D eigenvalue weighted by Crippen LogP contribution is -2.33. The zero-order valence-electron chi connectivity index (χ0n) is 10.3. The molecule has 0 bridgehead atoms. The number of thiocarbonyl (C=S) groups is 1. The van der Waals surface area contributed by atoms with Gasteiger partial charge in [-0.1, -0.05) is 24.4 Å². The van der Waals surface area contributed by atoms with Gasteiger partial charge in [-0.2, -0.15) is 8.78 Å². The maximum atomic E-state index is 12.5. The van der Waals surface area contributed by atoms with E-state index in [4.69, 9.17) is 22.7 Å². The average molecular weight is 311 g/mol. The smallest absolute Gasteiger partial charge is 0.330 e. The van der Waals surface area contributed by atoms with E-state index >= 15 is 0 Å². The number of ether oxygens (including phenoxy) is 2. The largest absolute Gasteiger partial charge is 0.490 e. The van der Waals surface area contributed by atoms with Gasteiger partial charge in [-0.05, 0) is 12.1 Å². The minimum atomic E-state index is -4.16. The van der Waals surface area contributed by atoms with Gasteiger partial charge >= 0.3 is 12.3 Å². The standard InChI is InChI=1S/C12H13F4NO2S/c13-11(14)12(15,16)7-18-5-6-19-9-4-2-1-3-8(9)10(17)20/h1-4,11H,5-7H2,(H2,17,20). The first-order valence-electron chi connectivity index (χ1n) is 5.60. The van der Waals surface area contributed by atoms with E-state index in [1.54, 1.807) is 24.3 Å². The van der Waals surface area contributed by atoms with Gasteiger partial charge in [-0.15, -0.1) is 0 Å². The van der Waals surface area contributed by atoms with E-state index in [0.717, 1.165) is 0 Å². The van der Waals surface area contributed by atoms with Crippen LogP contribution in [0.5, 0.6) is 5.75 Å². The molecule has 0 amide bonds. The van der Waals surface area contributed by atoms with Crippen molar-refractivity contribution in [2.75, 3.05) is 19.8 Å². The molecule has 0 spiro atoms. The highest BCUT2D eigenvalue weighted by molar-refractivity contribution is 7.80. The number of nitrogens with two attached hydrogens (primary N) is 1. The molecule has 0 heterocycles. The minimum Gasteiger partial charge on any atom is -0.490 e. The Morgan fingerprint density at radius 1 is 1.25 bits per heavy atom. The van der Waals surface area contributed by atoms with Gasteiger partial charge < -0.3 is 15.2 Å². The van der Waals surface area contributed by atoms with Crippen molar-refractivity contribution in [3.05, 3.63) is 29.8 Å². The molecule has 0 saturated heterocycles. The molecule has 20 heavy (non-hydrogen) atoms. The molecule has 1 aromatic carbocycles. The monoisotopic (exact) mass is 311 g/mol. The van der Waals surface area contributed by atoms with Crippen LogP contribution in [0.15, 0.2) is 24.3 Å². The summed E-state index contributed by atoms with van der Waals surface area (Å²) in [6.45, 7) is -1.70. The topological polar surface area (TPSA) is 44.5 Å². The summed E-state index contributed by atoms with van der Waals surface area (Å²) in [4.78, 5) is 0.130. The van der Waals surface area contributed by atoms with Crippen LogP contribution in [0.1, 0.15) is 5.56 Å². The van der Waals surface area contributed by atoms with Crippen LogP contribution in [0, 0.1) is 0 Å². The number of hydrogen-bond acceptors (Lipinski definition) is 3. The van der Waals surface area contributed by atoms with Gasteiger partial charge in [0.15, 0.2) is 0 Å². The van der Waals surface area contributed by atoms with Crippen LogP contribution >= 0.6 is 12.2 Å². The van der Waals surface area contributed by atoms with Crippen LogP contribution in [0.25, 0.3) is 0 Å². The zero-order valence-corrected chi connectivity index (χ0v) is 11.1. The lowest BCUT2D eigenvalue weighted by Gasteiger charge is -2.15. The second kappa shape index (κ2) is 7.39. The Balaban J connectivity index is 2.37. The molecule has 1 aromatic rings. The Kier molecular flexibility index (Phi) is 6.15. The highest BCUT2D eigenvalue weighted by Crippen LogP contribution is 2.23. The van der Waals surface area contributed by atoms with Gasteiger partial charge in [0.1, 0.15) is 24.0 Å². The Labute approximate surface area is 118 Å². The summed E-state index contributed by atoms with van der Waals surface area (Å²) < 4.78 is 58.4. The molecule has 0 radical (unpaired) electrons. The Morgan fingerprint density at radius 2 is 1.90 bits per heavy atom. The van der Waals surface area contributed by atoms with Crippen molar-refractivity contribution in [2.24, 2.45) is 5.73 Å². The number of alkyl halides is 4. The van der Waals surface area contributed by atoms with Crippen LogP contribution < -0.4 is 10.5 Å². The quantitative estimate of drug-likeness (QED) is 0.455. The molecular weight excluding hydrogens is 298 g/mol. The van der Waals surface area contributed by atoms with Crippen molar-refractivity contribution in [1.29, 1.82) is 0 Å². The highest BCUT2D eigenvalue weighted by Gasteiger charge is 2.40. The van der Waals surface area contributed by atoms with Gasteiger partial charge in [0.2, 0.25) is 0 Å². The third-order valence-corrected chi connectivity index (χ3v) is 2.47. The molecule has 0 aliphatic carbocycles. The average Bonchev–Trinajstić information content (AvgIpc) is 2.38. The number of hydrogen-bond donors (Lipinski definition) is 1. The van der Waals surface area contributed by atoms with Gasteiger partial charge in [-0.25, -0.2) is 8.78 Å². The lowest BCUT2D eigenvalue weighted by atomic mass is 10.2. The first-order valence-corrected chi connectivity index (χ1v) is 6.01. The third-order valence-electron chi connectivity index (χ3n) is 2.25. The van der Waals surface area contributed by atoms with Crippen molar-refractivity contribution in [2.45, 2.75) is 12.3 Å². The molecule has 0 aromatic heterocycles. The van der Waals surface area contributed by atoms with E-state index in [-0.39, 0.29) is 18.2 Å². The fourth-order valence-corrected chi connectivity index (χ4v) is 1.45. The summed E-state index contributed by atoms with van der Waals surface area (Å²) in [5.74, 6) is -3.78. The first-order chi connectivity index (χ1) is 9.34. The summed E-state index contributed by atoms with van der Waals surface area (Å²) in [5, 5.41) is 0. The molecule has 0 atom stereocenters. The van der Waals surface area contributed by atoms with E-state index in [0.29, 0.717) is 11.3 Å².